The normalized spacial score (nSPS) is 13.2. The molecule has 2 rings (SSSR count). The van der Waals surface area contributed by atoms with Gasteiger partial charge in [0.2, 0.25) is 0 Å². The molecule has 1 atom stereocenters. The monoisotopic (exact) mass is 380 g/mol. The highest BCUT2D eigenvalue weighted by Gasteiger charge is 2.12. The summed E-state index contributed by atoms with van der Waals surface area (Å²) in [5, 5.41) is 0.564. The summed E-state index contributed by atoms with van der Waals surface area (Å²) in [7, 11) is 0. The minimum atomic E-state index is 0.465. The number of fused-ring (bicyclic) bond motifs is 1. The molecular weight excluding hydrogens is 367 g/mol. The van der Waals surface area contributed by atoms with Crippen LogP contribution in [0.15, 0.2) is 18.2 Å². The zero-order chi connectivity index (χ0) is 12.4. The predicted molar refractivity (Wildman–Crippen MR) is 85.0 cm³/mol. The molecule has 17 heavy (non-hydrogen) atoms. The summed E-state index contributed by atoms with van der Waals surface area (Å²) >= 11 is 10.1. The number of hydrogen-bond donors (Lipinski definition) is 0. The Bertz CT molecular complexity index is 526. The lowest BCUT2D eigenvalue weighted by atomic mass is 10.3. The first-order valence-electron chi connectivity index (χ1n) is 5.39. The number of alkyl halides is 1. The van der Waals surface area contributed by atoms with Gasteiger partial charge in [-0.2, -0.15) is 11.8 Å². The zero-order valence-electron chi connectivity index (χ0n) is 9.78. The number of halogens is 2. The molecule has 1 heterocycles. The molecular formula is C12H14ClIN2S. The van der Waals surface area contributed by atoms with Crippen LogP contribution in [0.25, 0.3) is 11.0 Å². The average molecular weight is 381 g/mol. The third-order valence-electron chi connectivity index (χ3n) is 2.75. The van der Waals surface area contributed by atoms with Crippen molar-refractivity contribution < 1.29 is 0 Å². The van der Waals surface area contributed by atoms with Gasteiger partial charge < -0.3 is 4.57 Å². The average Bonchev–Trinajstić information content (AvgIpc) is 2.66. The Labute approximate surface area is 124 Å². The van der Waals surface area contributed by atoms with Crippen molar-refractivity contribution in [2.45, 2.75) is 24.6 Å². The van der Waals surface area contributed by atoms with Crippen LogP contribution in [0.1, 0.15) is 12.7 Å². The van der Waals surface area contributed by atoms with Crippen molar-refractivity contribution in [1.82, 2.24) is 9.55 Å². The van der Waals surface area contributed by atoms with Crippen LogP contribution < -0.4 is 0 Å². The lowest BCUT2D eigenvalue weighted by molar-refractivity contribution is 0.684. The van der Waals surface area contributed by atoms with Crippen LogP contribution in [0.3, 0.4) is 0 Å². The molecule has 0 saturated heterocycles. The molecule has 0 radical (unpaired) electrons. The lowest BCUT2D eigenvalue weighted by Crippen LogP contribution is -2.11. The maximum Gasteiger partial charge on any atom is 0.124 e. The highest BCUT2D eigenvalue weighted by molar-refractivity contribution is 14.1. The first kappa shape index (κ1) is 13.5. The molecule has 2 aromatic rings. The Balaban J connectivity index is 2.50. The summed E-state index contributed by atoms with van der Waals surface area (Å²) in [4.78, 5) is 4.60. The lowest BCUT2D eigenvalue weighted by Gasteiger charge is -2.12. The summed E-state index contributed by atoms with van der Waals surface area (Å²) in [6.07, 6.45) is 2.13. The van der Waals surface area contributed by atoms with E-state index in [1.807, 2.05) is 11.8 Å². The molecule has 1 aromatic heterocycles. The molecule has 1 unspecified atom stereocenters. The minimum Gasteiger partial charge on any atom is -0.326 e. The Hall–Kier alpha value is 0.0600. The minimum absolute atomic E-state index is 0.465. The van der Waals surface area contributed by atoms with Crippen LogP contribution in [0.2, 0.25) is 0 Å². The van der Waals surface area contributed by atoms with Gasteiger partial charge in [-0.25, -0.2) is 4.98 Å². The Morgan fingerprint density at radius 2 is 2.29 bits per heavy atom. The van der Waals surface area contributed by atoms with E-state index in [1.165, 1.54) is 9.09 Å². The van der Waals surface area contributed by atoms with Gasteiger partial charge in [0.15, 0.2) is 0 Å². The fourth-order valence-corrected chi connectivity index (χ4v) is 2.77. The SMILES string of the molecule is CSC(C)Cn1c(CCl)nc2cc(I)ccc21. The fourth-order valence-electron chi connectivity index (χ4n) is 1.79. The predicted octanol–water partition coefficient (Wildman–Crippen LogP) is 4.13. The van der Waals surface area contributed by atoms with Gasteiger partial charge in [0, 0.05) is 15.4 Å². The summed E-state index contributed by atoms with van der Waals surface area (Å²) in [6, 6.07) is 6.35. The molecule has 0 aliphatic carbocycles. The van der Waals surface area contributed by atoms with Crippen molar-refractivity contribution in [3.8, 4) is 0 Å². The van der Waals surface area contributed by atoms with E-state index < -0.39 is 0 Å². The first-order chi connectivity index (χ1) is 8.15. The van der Waals surface area contributed by atoms with Gasteiger partial charge in [-0.05, 0) is 47.0 Å². The van der Waals surface area contributed by atoms with Crippen molar-refractivity contribution in [2.75, 3.05) is 6.26 Å². The van der Waals surface area contributed by atoms with Crippen LogP contribution in [-0.2, 0) is 12.4 Å². The third-order valence-corrected chi connectivity index (χ3v) is 4.61. The number of aromatic nitrogens is 2. The molecule has 5 heteroatoms. The summed E-state index contributed by atoms with van der Waals surface area (Å²) in [6.45, 7) is 3.18. The topological polar surface area (TPSA) is 17.8 Å². The number of nitrogens with zero attached hydrogens (tertiary/aromatic N) is 2. The second-order valence-electron chi connectivity index (χ2n) is 3.95. The zero-order valence-corrected chi connectivity index (χ0v) is 13.5. The standard InChI is InChI=1S/C12H14ClIN2S/c1-8(17-2)7-16-11-4-3-9(14)5-10(11)15-12(16)6-13/h3-5,8H,6-7H2,1-2H3. The van der Waals surface area contributed by atoms with E-state index in [9.17, 15) is 0 Å². The van der Waals surface area contributed by atoms with E-state index in [4.69, 9.17) is 11.6 Å². The molecule has 1 aromatic carbocycles. The molecule has 2 nitrogen and oxygen atoms in total. The summed E-state index contributed by atoms with van der Waals surface area (Å²) < 4.78 is 3.44. The van der Waals surface area contributed by atoms with E-state index in [-0.39, 0.29) is 0 Å². The molecule has 0 bridgehead atoms. The quantitative estimate of drug-likeness (QED) is 0.586. The Morgan fingerprint density at radius 1 is 1.53 bits per heavy atom. The number of hydrogen-bond acceptors (Lipinski definition) is 2. The molecule has 0 saturated carbocycles. The molecule has 0 fully saturated rings. The van der Waals surface area contributed by atoms with E-state index in [1.54, 1.807) is 0 Å². The maximum absolute atomic E-state index is 5.98. The van der Waals surface area contributed by atoms with Gasteiger partial charge >= 0.3 is 0 Å². The summed E-state index contributed by atoms with van der Waals surface area (Å²) in [5.41, 5.74) is 2.22. The van der Waals surface area contributed by atoms with Gasteiger partial charge in [-0.3, -0.25) is 0 Å². The van der Waals surface area contributed by atoms with Crippen LogP contribution in [0.4, 0.5) is 0 Å². The molecule has 0 aliphatic heterocycles. The molecule has 0 N–H and O–H groups in total. The smallest absolute Gasteiger partial charge is 0.124 e. The van der Waals surface area contributed by atoms with Crippen molar-refractivity contribution in [3.63, 3.8) is 0 Å². The summed E-state index contributed by atoms with van der Waals surface area (Å²) in [5.74, 6) is 1.43. The number of rotatable bonds is 4. The Morgan fingerprint density at radius 3 is 2.94 bits per heavy atom. The van der Waals surface area contributed by atoms with Gasteiger partial charge in [0.1, 0.15) is 5.82 Å². The van der Waals surface area contributed by atoms with Crippen LogP contribution in [0, 0.1) is 3.57 Å². The van der Waals surface area contributed by atoms with Crippen molar-refractivity contribution in [1.29, 1.82) is 0 Å². The highest BCUT2D eigenvalue weighted by atomic mass is 127. The highest BCUT2D eigenvalue weighted by Crippen LogP contribution is 2.22. The van der Waals surface area contributed by atoms with Crippen molar-refractivity contribution >= 4 is 57.0 Å². The first-order valence-corrected chi connectivity index (χ1v) is 8.29. The third kappa shape index (κ3) is 2.90. The number of thioether (sulfide) groups is 1. The molecule has 0 amide bonds. The van der Waals surface area contributed by atoms with E-state index in [2.05, 4.69) is 63.5 Å². The second-order valence-corrected chi connectivity index (χ2v) is 6.74. The number of imidazole rings is 1. The van der Waals surface area contributed by atoms with Gasteiger partial charge in [0.05, 0.1) is 16.9 Å². The van der Waals surface area contributed by atoms with Gasteiger partial charge in [-0.15, -0.1) is 11.6 Å². The number of benzene rings is 1. The van der Waals surface area contributed by atoms with E-state index >= 15 is 0 Å². The Kier molecular flexibility index (Phi) is 4.60. The van der Waals surface area contributed by atoms with Crippen molar-refractivity contribution in [3.05, 3.63) is 27.6 Å². The fraction of sp³-hybridized carbons (Fsp3) is 0.417. The van der Waals surface area contributed by atoms with Crippen LogP contribution in [-0.4, -0.2) is 21.1 Å². The maximum atomic E-state index is 5.98. The van der Waals surface area contributed by atoms with Crippen molar-refractivity contribution in [2.24, 2.45) is 0 Å². The molecule has 0 spiro atoms. The molecule has 0 aliphatic rings. The van der Waals surface area contributed by atoms with Gasteiger partial charge in [0.25, 0.3) is 0 Å². The molecule has 92 valence electrons. The second kappa shape index (κ2) is 5.80. The largest absolute Gasteiger partial charge is 0.326 e. The van der Waals surface area contributed by atoms with Crippen LogP contribution >= 0.6 is 46.0 Å². The van der Waals surface area contributed by atoms with Crippen LogP contribution in [0.5, 0.6) is 0 Å². The van der Waals surface area contributed by atoms with E-state index in [0.29, 0.717) is 11.1 Å². The van der Waals surface area contributed by atoms with Gasteiger partial charge in [-0.1, -0.05) is 6.92 Å². The van der Waals surface area contributed by atoms with E-state index in [0.717, 1.165) is 17.9 Å².